The van der Waals surface area contributed by atoms with Crippen molar-refractivity contribution in [3.8, 4) is 0 Å². The fraction of sp³-hybridized carbons (Fsp3) is 0.385. The maximum atomic E-state index is 13.3. The second-order valence-corrected chi connectivity index (χ2v) is 9.45. The summed E-state index contributed by atoms with van der Waals surface area (Å²) in [5, 5.41) is 6.69. The van der Waals surface area contributed by atoms with Crippen LogP contribution < -0.4 is 16.2 Å². The van der Waals surface area contributed by atoms with Crippen molar-refractivity contribution in [3.63, 3.8) is 0 Å². The van der Waals surface area contributed by atoms with Crippen molar-refractivity contribution >= 4 is 40.2 Å². The van der Waals surface area contributed by atoms with Gasteiger partial charge in [-0.1, -0.05) is 68.3 Å². The van der Waals surface area contributed by atoms with Gasteiger partial charge in [0.25, 0.3) is 5.56 Å². The molecule has 1 aliphatic rings. The molecular formula is C26H30N4O3S. The SMILES string of the molecule is CCc1ccccc1NC(=O)CNC(=O)CSc1nc2ccccc2c(=O)n1C1CCCCC1. The number of nitrogens with zero attached hydrogens (tertiary/aromatic N) is 2. The van der Waals surface area contributed by atoms with Crippen LogP contribution in [0.15, 0.2) is 58.5 Å². The zero-order valence-electron chi connectivity index (χ0n) is 19.4. The first-order valence-corrected chi connectivity index (χ1v) is 12.8. The molecule has 3 aromatic rings. The Morgan fingerprint density at radius 3 is 2.56 bits per heavy atom. The van der Waals surface area contributed by atoms with E-state index in [0.717, 1.165) is 43.4 Å². The van der Waals surface area contributed by atoms with E-state index in [1.165, 1.54) is 18.2 Å². The lowest BCUT2D eigenvalue weighted by molar-refractivity contribution is -0.122. The quantitative estimate of drug-likeness (QED) is 0.372. The van der Waals surface area contributed by atoms with Gasteiger partial charge < -0.3 is 10.6 Å². The first kappa shape index (κ1) is 24.0. The van der Waals surface area contributed by atoms with Gasteiger partial charge in [-0.25, -0.2) is 4.98 Å². The van der Waals surface area contributed by atoms with Gasteiger partial charge in [0, 0.05) is 11.7 Å². The van der Waals surface area contributed by atoms with Crippen molar-refractivity contribution in [1.82, 2.24) is 14.9 Å². The highest BCUT2D eigenvalue weighted by Crippen LogP contribution is 2.31. The molecule has 34 heavy (non-hydrogen) atoms. The van der Waals surface area contributed by atoms with Crippen LogP contribution in [0.2, 0.25) is 0 Å². The second kappa shape index (κ2) is 11.3. The summed E-state index contributed by atoms with van der Waals surface area (Å²) in [5.41, 5.74) is 2.39. The minimum absolute atomic E-state index is 0.0469. The zero-order chi connectivity index (χ0) is 23.9. The first-order chi connectivity index (χ1) is 16.6. The number of nitrogens with one attached hydrogen (secondary N) is 2. The molecule has 1 saturated carbocycles. The normalized spacial score (nSPS) is 14.1. The van der Waals surface area contributed by atoms with Crippen molar-refractivity contribution < 1.29 is 9.59 Å². The smallest absolute Gasteiger partial charge is 0.262 e. The van der Waals surface area contributed by atoms with Gasteiger partial charge in [-0.3, -0.25) is 19.0 Å². The molecule has 0 aliphatic heterocycles. The number of anilines is 1. The van der Waals surface area contributed by atoms with Crippen LogP contribution >= 0.6 is 11.8 Å². The van der Waals surface area contributed by atoms with Crippen molar-refractivity contribution in [3.05, 3.63) is 64.4 Å². The molecule has 0 bridgehead atoms. The molecule has 2 aromatic carbocycles. The molecule has 0 radical (unpaired) electrons. The third-order valence-electron chi connectivity index (χ3n) is 6.17. The van der Waals surface area contributed by atoms with Crippen LogP contribution in [0.1, 0.15) is 50.6 Å². The minimum atomic E-state index is -0.276. The number of hydrogen-bond donors (Lipinski definition) is 2. The molecule has 2 N–H and O–H groups in total. The predicted molar refractivity (Wildman–Crippen MR) is 136 cm³/mol. The van der Waals surface area contributed by atoms with E-state index in [9.17, 15) is 14.4 Å². The number of rotatable bonds is 8. The standard InChI is InChI=1S/C26H30N4O3S/c1-2-18-10-6-8-14-21(18)28-23(31)16-27-24(32)17-34-26-29-22-15-9-7-13-20(22)25(33)30(26)19-11-4-3-5-12-19/h6-10,13-15,19H,2-5,11-12,16-17H2,1H3,(H,27,32)(H,28,31). The molecule has 1 fully saturated rings. The monoisotopic (exact) mass is 478 g/mol. The molecule has 1 aliphatic carbocycles. The van der Waals surface area contributed by atoms with Crippen LogP contribution in [0.25, 0.3) is 10.9 Å². The number of carbonyl (C=O) groups excluding carboxylic acids is 2. The number of aromatic nitrogens is 2. The molecule has 7 nitrogen and oxygen atoms in total. The summed E-state index contributed by atoms with van der Waals surface area (Å²) in [5.74, 6) is -0.472. The van der Waals surface area contributed by atoms with E-state index in [4.69, 9.17) is 4.98 Å². The van der Waals surface area contributed by atoms with E-state index in [2.05, 4.69) is 10.6 Å². The van der Waals surface area contributed by atoms with Crippen molar-refractivity contribution in [2.24, 2.45) is 0 Å². The third-order valence-corrected chi connectivity index (χ3v) is 7.12. The van der Waals surface area contributed by atoms with E-state index >= 15 is 0 Å². The molecule has 8 heteroatoms. The molecule has 0 unspecified atom stereocenters. The maximum absolute atomic E-state index is 13.3. The van der Waals surface area contributed by atoms with Crippen LogP contribution in [-0.4, -0.2) is 33.7 Å². The van der Waals surface area contributed by atoms with E-state index in [1.807, 2.05) is 49.4 Å². The molecule has 2 amide bonds. The van der Waals surface area contributed by atoms with Crippen LogP contribution in [0.4, 0.5) is 5.69 Å². The largest absolute Gasteiger partial charge is 0.346 e. The van der Waals surface area contributed by atoms with Gasteiger partial charge in [0.05, 0.1) is 23.2 Å². The molecule has 0 saturated heterocycles. The summed E-state index contributed by atoms with van der Waals surface area (Å²) in [4.78, 5) is 42.8. The lowest BCUT2D eigenvalue weighted by Crippen LogP contribution is -2.34. The molecule has 1 heterocycles. The number of aryl methyl sites for hydroxylation is 1. The Morgan fingerprint density at radius 1 is 1.03 bits per heavy atom. The van der Waals surface area contributed by atoms with Crippen LogP contribution in [0, 0.1) is 0 Å². The second-order valence-electron chi connectivity index (χ2n) is 8.50. The average Bonchev–Trinajstić information content (AvgIpc) is 2.87. The molecule has 1 aromatic heterocycles. The van der Waals surface area contributed by atoms with E-state index < -0.39 is 0 Å². The van der Waals surface area contributed by atoms with Crippen molar-refractivity contribution in [2.75, 3.05) is 17.6 Å². The summed E-state index contributed by atoms with van der Waals surface area (Å²) in [6, 6.07) is 15.1. The highest BCUT2D eigenvalue weighted by atomic mass is 32.2. The Kier molecular flexibility index (Phi) is 8.00. The molecular weight excluding hydrogens is 448 g/mol. The molecule has 0 spiro atoms. The summed E-state index contributed by atoms with van der Waals surface area (Å²) >= 11 is 1.25. The molecule has 4 rings (SSSR count). The van der Waals surface area contributed by atoms with Crippen LogP contribution in [0.5, 0.6) is 0 Å². The Balaban J connectivity index is 1.42. The summed E-state index contributed by atoms with van der Waals surface area (Å²) in [6.45, 7) is 1.91. The van der Waals surface area contributed by atoms with Crippen molar-refractivity contribution in [1.29, 1.82) is 0 Å². The molecule has 178 valence electrons. The third kappa shape index (κ3) is 5.67. The van der Waals surface area contributed by atoms with Gasteiger partial charge >= 0.3 is 0 Å². The van der Waals surface area contributed by atoms with E-state index in [0.29, 0.717) is 16.1 Å². The lowest BCUT2D eigenvalue weighted by atomic mass is 9.95. The fourth-order valence-corrected chi connectivity index (χ4v) is 5.29. The van der Waals surface area contributed by atoms with Gasteiger partial charge in [0.15, 0.2) is 5.16 Å². The predicted octanol–water partition coefficient (Wildman–Crippen LogP) is 4.31. The van der Waals surface area contributed by atoms with E-state index in [1.54, 1.807) is 10.6 Å². The lowest BCUT2D eigenvalue weighted by Gasteiger charge is -2.26. The Bertz CT molecular complexity index is 1230. The summed E-state index contributed by atoms with van der Waals surface area (Å²) in [6.07, 6.45) is 6.05. The average molecular weight is 479 g/mol. The van der Waals surface area contributed by atoms with Gasteiger partial charge in [-0.05, 0) is 43.0 Å². The summed E-state index contributed by atoms with van der Waals surface area (Å²) in [7, 11) is 0. The van der Waals surface area contributed by atoms with Gasteiger partial charge in [-0.2, -0.15) is 0 Å². The zero-order valence-corrected chi connectivity index (χ0v) is 20.2. The van der Waals surface area contributed by atoms with Gasteiger partial charge in [-0.15, -0.1) is 0 Å². The Hall–Kier alpha value is -3.13. The Morgan fingerprint density at radius 2 is 1.76 bits per heavy atom. The topological polar surface area (TPSA) is 93.1 Å². The number of carbonyl (C=O) groups is 2. The number of thioether (sulfide) groups is 1. The van der Waals surface area contributed by atoms with Crippen LogP contribution in [-0.2, 0) is 16.0 Å². The maximum Gasteiger partial charge on any atom is 0.262 e. The number of benzene rings is 2. The summed E-state index contributed by atoms with van der Waals surface area (Å²) < 4.78 is 1.79. The fourth-order valence-electron chi connectivity index (χ4n) is 4.39. The van der Waals surface area contributed by atoms with Crippen LogP contribution in [0.3, 0.4) is 0 Å². The highest BCUT2D eigenvalue weighted by molar-refractivity contribution is 7.99. The molecule has 0 atom stereocenters. The highest BCUT2D eigenvalue weighted by Gasteiger charge is 2.22. The first-order valence-electron chi connectivity index (χ1n) is 11.9. The van der Waals surface area contributed by atoms with Gasteiger partial charge in [0.2, 0.25) is 11.8 Å². The number of para-hydroxylation sites is 2. The number of amides is 2. The number of hydrogen-bond acceptors (Lipinski definition) is 5. The van der Waals surface area contributed by atoms with Crippen molar-refractivity contribution in [2.45, 2.75) is 56.6 Å². The van der Waals surface area contributed by atoms with E-state index in [-0.39, 0.29) is 35.7 Å². The Labute approximate surface area is 203 Å². The minimum Gasteiger partial charge on any atom is -0.346 e. The number of fused-ring (bicyclic) bond motifs is 1. The van der Waals surface area contributed by atoms with Gasteiger partial charge in [0.1, 0.15) is 0 Å².